The number of carbonyl (C=O) groups is 1. The number of aromatic amines is 1. The monoisotopic (exact) mass is 501 g/mol. The van der Waals surface area contributed by atoms with Crippen molar-refractivity contribution in [3.63, 3.8) is 0 Å². The Balaban J connectivity index is 1.36. The Morgan fingerprint density at radius 3 is 2.47 bits per heavy atom. The van der Waals surface area contributed by atoms with E-state index in [0.29, 0.717) is 24.4 Å². The second kappa shape index (κ2) is 11.2. The van der Waals surface area contributed by atoms with Crippen LogP contribution in [0.1, 0.15) is 29.5 Å². The minimum atomic E-state index is -0.462. The maximum atomic E-state index is 13.6. The van der Waals surface area contributed by atoms with Gasteiger partial charge in [0.2, 0.25) is 5.91 Å². The van der Waals surface area contributed by atoms with Gasteiger partial charge in [0, 0.05) is 37.3 Å². The fourth-order valence-electron chi connectivity index (χ4n) is 4.93. The van der Waals surface area contributed by atoms with Crippen molar-refractivity contribution in [2.75, 3.05) is 29.9 Å². The van der Waals surface area contributed by atoms with E-state index in [0.717, 1.165) is 40.3 Å². The SMILES string of the molecule is CCSC[C@H]1CN(Cc2c[nH]c3c(NC(=O)C(c4ccccc4)c4ccccc4)ncnc23)C[C@@H]1O. The number of β-amino-alcohol motifs (C(OH)–C–C–N with tert-alkyl or cyclic N) is 1. The number of nitrogens with zero attached hydrogens (tertiary/aromatic N) is 3. The van der Waals surface area contributed by atoms with E-state index in [1.807, 2.05) is 78.6 Å². The van der Waals surface area contributed by atoms with Crippen LogP contribution in [-0.2, 0) is 11.3 Å². The van der Waals surface area contributed by atoms with Crippen LogP contribution in [0.15, 0.2) is 73.2 Å². The second-order valence-corrected chi connectivity index (χ2v) is 10.5. The van der Waals surface area contributed by atoms with E-state index in [-0.39, 0.29) is 17.9 Å². The summed E-state index contributed by atoms with van der Waals surface area (Å²) in [5, 5.41) is 13.5. The maximum Gasteiger partial charge on any atom is 0.237 e. The number of aliphatic hydroxyl groups is 1. The number of anilines is 1. The Bertz CT molecular complexity index is 1260. The first-order valence-corrected chi connectivity index (χ1v) is 13.5. The topological polar surface area (TPSA) is 94.1 Å². The van der Waals surface area contributed by atoms with Crippen molar-refractivity contribution in [1.82, 2.24) is 19.9 Å². The van der Waals surface area contributed by atoms with Crippen LogP contribution in [0.3, 0.4) is 0 Å². The van der Waals surface area contributed by atoms with Crippen LogP contribution in [-0.4, -0.2) is 61.6 Å². The van der Waals surface area contributed by atoms with Gasteiger partial charge >= 0.3 is 0 Å². The zero-order valence-electron chi connectivity index (χ0n) is 20.3. The molecule has 5 rings (SSSR count). The highest BCUT2D eigenvalue weighted by atomic mass is 32.2. The van der Waals surface area contributed by atoms with Crippen LogP contribution in [0.2, 0.25) is 0 Å². The van der Waals surface area contributed by atoms with Crippen LogP contribution in [0.5, 0.6) is 0 Å². The van der Waals surface area contributed by atoms with Crippen molar-refractivity contribution in [3.8, 4) is 0 Å². The fraction of sp³-hybridized carbons (Fsp3) is 0.321. The molecule has 4 aromatic rings. The van der Waals surface area contributed by atoms with Crippen LogP contribution < -0.4 is 5.32 Å². The van der Waals surface area contributed by atoms with Crippen LogP contribution in [0, 0.1) is 5.92 Å². The first-order chi connectivity index (χ1) is 17.6. The normalized spacial score (nSPS) is 18.2. The van der Waals surface area contributed by atoms with Crippen molar-refractivity contribution < 1.29 is 9.90 Å². The van der Waals surface area contributed by atoms with Gasteiger partial charge in [0.1, 0.15) is 11.8 Å². The molecule has 1 aliphatic heterocycles. The molecule has 2 aromatic heterocycles. The van der Waals surface area contributed by atoms with Gasteiger partial charge in [0.25, 0.3) is 0 Å². The summed E-state index contributed by atoms with van der Waals surface area (Å²) in [6, 6.07) is 19.5. The summed E-state index contributed by atoms with van der Waals surface area (Å²) in [6.45, 7) is 4.36. The highest BCUT2D eigenvalue weighted by molar-refractivity contribution is 7.99. The number of fused-ring (bicyclic) bond motifs is 1. The van der Waals surface area contributed by atoms with Gasteiger partial charge in [-0.15, -0.1) is 0 Å². The molecule has 0 radical (unpaired) electrons. The molecule has 8 heteroatoms. The van der Waals surface area contributed by atoms with Crippen molar-refractivity contribution in [1.29, 1.82) is 0 Å². The molecule has 1 fully saturated rings. The number of H-pyrrole nitrogens is 1. The fourth-order valence-corrected chi connectivity index (χ4v) is 5.79. The maximum absolute atomic E-state index is 13.6. The molecule has 1 saturated heterocycles. The lowest BCUT2D eigenvalue weighted by atomic mass is 9.90. The average molecular weight is 502 g/mol. The van der Waals surface area contributed by atoms with E-state index >= 15 is 0 Å². The first-order valence-electron chi connectivity index (χ1n) is 12.3. The lowest BCUT2D eigenvalue weighted by Gasteiger charge is -2.18. The second-order valence-electron chi connectivity index (χ2n) is 9.18. The quantitative estimate of drug-likeness (QED) is 0.317. The molecule has 1 amide bonds. The van der Waals surface area contributed by atoms with E-state index in [9.17, 15) is 9.90 Å². The number of aromatic nitrogens is 3. The smallest absolute Gasteiger partial charge is 0.237 e. The molecular weight excluding hydrogens is 470 g/mol. The molecule has 0 bridgehead atoms. The number of nitrogens with one attached hydrogen (secondary N) is 2. The predicted molar refractivity (Wildman–Crippen MR) is 145 cm³/mol. The summed E-state index contributed by atoms with van der Waals surface area (Å²) in [4.78, 5) is 28.0. The van der Waals surface area contributed by atoms with Crippen LogP contribution >= 0.6 is 11.8 Å². The van der Waals surface area contributed by atoms with E-state index in [4.69, 9.17) is 0 Å². The molecule has 0 unspecified atom stereocenters. The van der Waals surface area contributed by atoms with Gasteiger partial charge in [-0.25, -0.2) is 9.97 Å². The molecule has 0 aliphatic carbocycles. The van der Waals surface area contributed by atoms with Crippen LogP contribution in [0.4, 0.5) is 5.82 Å². The van der Waals surface area contributed by atoms with Crippen molar-refractivity contribution >= 4 is 34.5 Å². The third kappa shape index (κ3) is 5.31. The molecule has 2 aromatic carbocycles. The summed E-state index contributed by atoms with van der Waals surface area (Å²) in [5.41, 5.74) is 4.36. The molecule has 3 N–H and O–H groups in total. The Kier molecular flexibility index (Phi) is 7.65. The largest absolute Gasteiger partial charge is 0.391 e. The van der Waals surface area contributed by atoms with E-state index in [2.05, 4.69) is 32.1 Å². The molecule has 0 saturated carbocycles. The third-order valence-electron chi connectivity index (χ3n) is 6.72. The zero-order valence-corrected chi connectivity index (χ0v) is 21.1. The number of rotatable bonds is 9. The lowest BCUT2D eigenvalue weighted by Crippen LogP contribution is -2.23. The van der Waals surface area contributed by atoms with Crippen molar-refractivity contribution in [2.24, 2.45) is 5.92 Å². The summed E-state index contributed by atoms with van der Waals surface area (Å²) >= 11 is 1.87. The standard InChI is InChI=1S/C28H31N5O2S/c1-2-36-17-22-15-33(16-23(22)34)14-21-13-29-26-25(21)30-18-31-27(26)32-28(35)24(19-9-5-3-6-10-19)20-11-7-4-8-12-20/h3-13,18,22-24,29,34H,2,14-17H2,1H3,(H,30,31,32,35)/t22-,23+/m1/s1. The zero-order chi connectivity index (χ0) is 24.9. The summed E-state index contributed by atoms with van der Waals surface area (Å²) in [7, 11) is 0. The van der Waals surface area contributed by atoms with Crippen LogP contribution in [0.25, 0.3) is 11.0 Å². The van der Waals surface area contributed by atoms with Gasteiger partial charge in [0.05, 0.1) is 17.5 Å². The first kappa shape index (κ1) is 24.5. The molecule has 186 valence electrons. The highest BCUT2D eigenvalue weighted by Crippen LogP contribution is 2.29. The summed E-state index contributed by atoms with van der Waals surface area (Å²) in [5.74, 6) is 2.18. The van der Waals surface area contributed by atoms with Crippen molar-refractivity contribution in [2.45, 2.75) is 25.5 Å². The summed E-state index contributed by atoms with van der Waals surface area (Å²) in [6.07, 6.45) is 3.13. The summed E-state index contributed by atoms with van der Waals surface area (Å²) < 4.78 is 0. The number of aliphatic hydroxyl groups excluding tert-OH is 1. The minimum absolute atomic E-state index is 0.150. The van der Waals surface area contributed by atoms with Gasteiger partial charge in [-0.05, 0) is 22.6 Å². The molecule has 3 heterocycles. The number of benzene rings is 2. The number of likely N-dealkylation sites (tertiary alicyclic amines) is 1. The van der Waals surface area contributed by atoms with Gasteiger partial charge in [0.15, 0.2) is 5.82 Å². The van der Waals surface area contributed by atoms with Gasteiger partial charge in [-0.3, -0.25) is 9.69 Å². The molecule has 36 heavy (non-hydrogen) atoms. The molecule has 0 spiro atoms. The lowest BCUT2D eigenvalue weighted by molar-refractivity contribution is -0.116. The molecular formula is C28H31N5O2S. The molecule has 2 atom stereocenters. The number of amides is 1. The Morgan fingerprint density at radius 2 is 1.81 bits per heavy atom. The van der Waals surface area contributed by atoms with Gasteiger partial charge in [-0.2, -0.15) is 11.8 Å². The number of hydrogen-bond acceptors (Lipinski definition) is 6. The highest BCUT2D eigenvalue weighted by Gasteiger charge is 2.31. The molecule has 7 nitrogen and oxygen atoms in total. The Hall–Kier alpha value is -3.20. The van der Waals surface area contributed by atoms with E-state index < -0.39 is 5.92 Å². The van der Waals surface area contributed by atoms with E-state index in [1.165, 1.54) is 6.33 Å². The third-order valence-corrected chi connectivity index (χ3v) is 7.80. The Morgan fingerprint density at radius 1 is 1.11 bits per heavy atom. The predicted octanol–water partition coefficient (Wildman–Crippen LogP) is 4.27. The molecule has 1 aliphatic rings. The Labute approximate surface area is 215 Å². The van der Waals surface area contributed by atoms with Gasteiger partial charge in [-0.1, -0.05) is 67.6 Å². The number of carbonyl (C=O) groups excluding carboxylic acids is 1. The van der Waals surface area contributed by atoms with Gasteiger partial charge < -0.3 is 15.4 Å². The average Bonchev–Trinajstić information content (AvgIpc) is 3.47. The van der Waals surface area contributed by atoms with E-state index in [1.54, 1.807) is 0 Å². The number of thioether (sulfide) groups is 1. The van der Waals surface area contributed by atoms with Crippen molar-refractivity contribution in [3.05, 3.63) is 89.9 Å². The number of hydrogen-bond donors (Lipinski definition) is 3. The minimum Gasteiger partial charge on any atom is -0.391 e.